The molecule has 4 atom stereocenters. The average Bonchev–Trinajstić information content (AvgIpc) is 2.53. The summed E-state index contributed by atoms with van der Waals surface area (Å²) in [5, 5.41) is 0. The van der Waals surface area contributed by atoms with E-state index >= 15 is 0 Å². The topological polar surface area (TPSA) is 25.1 Å². The molecule has 0 aromatic carbocycles. The number of hydrogen-bond acceptors (Lipinski definition) is 2. The highest BCUT2D eigenvalue weighted by Gasteiger charge is 2.69. The van der Waals surface area contributed by atoms with Crippen molar-refractivity contribution < 1.29 is 9.47 Å². The normalized spacial score (nSPS) is 70.2. The molecule has 0 unspecified atom stereocenters. The van der Waals surface area contributed by atoms with E-state index in [1.165, 1.54) is 0 Å². The van der Waals surface area contributed by atoms with Gasteiger partial charge in [-0.1, -0.05) is 0 Å². The molecule has 1 saturated carbocycles. The third-order valence-corrected chi connectivity index (χ3v) is 3.20. The molecule has 56 valence electrons. The second-order valence-electron chi connectivity index (χ2n) is 4.25. The van der Waals surface area contributed by atoms with Gasteiger partial charge in [-0.3, -0.25) is 0 Å². The van der Waals surface area contributed by atoms with Crippen molar-refractivity contribution in [2.75, 3.05) is 0 Å². The zero-order valence-corrected chi connectivity index (χ0v) is 6.39. The molecule has 2 aliphatic heterocycles. The molecule has 2 saturated heterocycles. The molecule has 2 heterocycles. The van der Waals surface area contributed by atoms with Gasteiger partial charge in [0, 0.05) is 12.8 Å². The Hall–Kier alpha value is -0.0800. The van der Waals surface area contributed by atoms with Crippen LogP contribution in [0, 0.1) is 0 Å². The van der Waals surface area contributed by atoms with Crippen molar-refractivity contribution in [3.63, 3.8) is 0 Å². The average molecular weight is 140 g/mol. The molecule has 2 nitrogen and oxygen atoms in total. The first-order valence-electron chi connectivity index (χ1n) is 3.98. The first-order chi connectivity index (χ1) is 4.62. The Balaban J connectivity index is 1.90. The smallest absolute Gasteiger partial charge is 0.0949 e. The standard InChI is InChI=1S/C8H12O2/c1-7-4-8(2)6(10-8)3-5(7)9-7/h5-6H,3-4H2,1-2H3/t5-,6+,7-,8+. The Morgan fingerprint density at radius 2 is 1.60 bits per heavy atom. The van der Waals surface area contributed by atoms with Crippen molar-refractivity contribution in [3.05, 3.63) is 0 Å². The first kappa shape index (κ1) is 5.56. The van der Waals surface area contributed by atoms with Gasteiger partial charge in [-0.2, -0.15) is 0 Å². The van der Waals surface area contributed by atoms with Crippen LogP contribution in [-0.4, -0.2) is 23.4 Å². The molecule has 2 heteroatoms. The van der Waals surface area contributed by atoms with E-state index in [1.807, 2.05) is 0 Å². The van der Waals surface area contributed by atoms with Crippen LogP contribution in [0.15, 0.2) is 0 Å². The summed E-state index contributed by atoms with van der Waals surface area (Å²) in [5.41, 5.74) is 0.392. The molecule has 0 radical (unpaired) electrons. The summed E-state index contributed by atoms with van der Waals surface area (Å²) in [7, 11) is 0. The van der Waals surface area contributed by atoms with E-state index in [0.717, 1.165) is 12.8 Å². The van der Waals surface area contributed by atoms with Crippen molar-refractivity contribution >= 4 is 0 Å². The minimum atomic E-state index is 0.196. The SMILES string of the molecule is C[C@@]12C[C@]3(C)O[C@H]3C[C@H]1O2. The van der Waals surface area contributed by atoms with E-state index in [9.17, 15) is 0 Å². The van der Waals surface area contributed by atoms with E-state index in [-0.39, 0.29) is 11.2 Å². The zero-order valence-electron chi connectivity index (χ0n) is 6.39. The van der Waals surface area contributed by atoms with Crippen molar-refractivity contribution in [1.29, 1.82) is 0 Å². The van der Waals surface area contributed by atoms with Gasteiger partial charge >= 0.3 is 0 Å². The highest BCUT2D eigenvalue weighted by atomic mass is 16.6. The summed E-state index contributed by atoms with van der Waals surface area (Å²) < 4.78 is 11.1. The summed E-state index contributed by atoms with van der Waals surface area (Å²) in [6.45, 7) is 4.39. The van der Waals surface area contributed by atoms with E-state index in [2.05, 4.69) is 13.8 Å². The Morgan fingerprint density at radius 3 is 2.00 bits per heavy atom. The summed E-state index contributed by atoms with van der Waals surface area (Å²) in [4.78, 5) is 0. The molecular formula is C8H12O2. The summed E-state index contributed by atoms with van der Waals surface area (Å²) in [6, 6.07) is 0. The van der Waals surface area contributed by atoms with E-state index in [0.29, 0.717) is 12.2 Å². The Morgan fingerprint density at radius 1 is 1.10 bits per heavy atom. The Labute approximate surface area is 60.5 Å². The number of rotatable bonds is 0. The lowest BCUT2D eigenvalue weighted by atomic mass is 9.83. The van der Waals surface area contributed by atoms with Gasteiger partial charge in [0.05, 0.1) is 23.4 Å². The lowest BCUT2D eigenvalue weighted by Gasteiger charge is -2.14. The van der Waals surface area contributed by atoms with Gasteiger partial charge in [-0.15, -0.1) is 0 Å². The van der Waals surface area contributed by atoms with Crippen molar-refractivity contribution in [2.45, 2.75) is 50.1 Å². The molecule has 0 aromatic rings. The molecule has 0 spiro atoms. The maximum atomic E-state index is 5.55. The molecule has 0 amide bonds. The highest BCUT2D eigenvalue weighted by molar-refractivity contribution is 5.18. The minimum Gasteiger partial charge on any atom is -0.366 e. The van der Waals surface area contributed by atoms with Gasteiger partial charge in [-0.25, -0.2) is 0 Å². The van der Waals surface area contributed by atoms with E-state index < -0.39 is 0 Å². The quantitative estimate of drug-likeness (QED) is 0.471. The van der Waals surface area contributed by atoms with Crippen LogP contribution in [0.2, 0.25) is 0 Å². The minimum absolute atomic E-state index is 0.196. The number of ether oxygens (including phenoxy) is 2. The largest absolute Gasteiger partial charge is 0.366 e. The number of hydrogen-bond donors (Lipinski definition) is 0. The van der Waals surface area contributed by atoms with Gasteiger partial charge in [0.15, 0.2) is 0 Å². The fourth-order valence-electron chi connectivity index (χ4n) is 2.38. The number of fused-ring (bicyclic) bond motifs is 2. The molecule has 0 N–H and O–H groups in total. The van der Waals surface area contributed by atoms with Gasteiger partial charge in [0.25, 0.3) is 0 Å². The van der Waals surface area contributed by atoms with Crippen LogP contribution in [-0.2, 0) is 9.47 Å². The van der Waals surface area contributed by atoms with Crippen LogP contribution < -0.4 is 0 Å². The maximum Gasteiger partial charge on any atom is 0.0949 e. The van der Waals surface area contributed by atoms with Crippen LogP contribution in [0.4, 0.5) is 0 Å². The second-order valence-corrected chi connectivity index (χ2v) is 4.25. The third-order valence-electron chi connectivity index (χ3n) is 3.20. The highest BCUT2D eigenvalue weighted by Crippen LogP contribution is 2.59. The van der Waals surface area contributed by atoms with E-state index in [4.69, 9.17) is 9.47 Å². The molecule has 3 aliphatic rings. The van der Waals surface area contributed by atoms with Crippen LogP contribution >= 0.6 is 0 Å². The van der Waals surface area contributed by atoms with Gasteiger partial charge in [-0.05, 0) is 13.8 Å². The van der Waals surface area contributed by atoms with Crippen LogP contribution in [0.25, 0.3) is 0 Å². The third kappa shape index (κ3) is 0.487. The fourth-order valence-corrected chi connectivity index (χ4v) is 2.38. The Kier molecular flexibility index (Phi) is 0.647. The molecule has 1 aliphatic carbocycles. The molecule has 3 rings (SSSR count). The fraction of sp³-hybridized carbons (Fsp3) is 1.00. The predicted octanol–water partition coefficient (Wildman–Crippen LogP) is 1.10. The first-order valence-corrected chi connectivity index (χ1v) is 3.98. The second kappa shape index (κ2) is 1.16. The lowest BCUT2D eigenvalue weighted by molar-refractivity contribution is 0.219. The molecule has 10 heavy (non-hydrogen) atoms. The van der Waals surface area contributed by atoms with Gasteiger partial charge < -0.3 is 9.47 Å². The van der Waals surface area contributed by atoms with Crippen molar-refractivity contribution in [3.8, 4) is 0 Å². The molecular weight excluding hydrogens is 128 g/mol. The molecule has 3 fully saturated rings. The molecule has 0 aromatic heterocycles. The zero-order chi connectivity index (χ0) is 6.98. The maximum absolute atomic E-state index is 5.55. The number of epoxide rings is 2. The summed E-state index contributed by atoms with van der Waals surface area (Å²) in [5.74, 6) is 0. The van der Waals surface area contributed by atoms with Crippen LogP contribution in [0.1, 0.15) is 26.7 Å². The van der Waals surface area contributed by atoms with Crippen LogP contribution in [0.3, 0.4) is 0 Å². The monoisotopic (exact) mass is 140 g/mol. The van der Waals surface area contributed by atoms with Gasteiger partial charge in [0.2, 0.25) is 0 Å². The van der Waals surface area contributed by atoms with Gasteiger partial charge in [0.1, 0.15) is 0 Å². The Bertz CT molecular complexity index is 183. The predicted molar refractivity (Wildman–Crippen MR) is 35.8 cm³/mol. The van der Waals surface area contributed by atoms with Crippen molar-refractivity contribution in [2.24, 2.45) is 0 Å². The van der Waals surface area contributed by atoms with Crippen molar-refractivity contribution in [1.82, 2.24) is 0 Å². The molecule has 0 bridgehead atoms. The van der Waals surface area contributed by atoms with E-state index in [1.54, 1.807) is 0 Å². The summed E-state index contributed by atoms with van der Waals surface area (Å²) in [6.07, 6.45) is 3.28. The lowest BCUT2D eigenvalue weighted by Crippen LogP contribution is -2.27. The summed E-state index contributed by atoms with van der Waals surface area (Å²) >= 11 is 0. The van der Waals surface area contributed by atoms with Crippen LogP contribution in [0.5, 0.6) is 0 Å².